The van der Waals surface area contributed by atoms with E-state index in [4.69, 9.17) is 37.8 Å². The second-order valence-corrected chi connectivity index (χ2v) is 19.0. The molecular formula is C56H68Cl2N2O6. The third kappa shape index (κ3) is 19.1. The molecule has 0 amide bonds. The Labute approximate surface area is 403 Å². The summed E-state index contributed by atoms with van der Waals surface area (Å²) in [5, 5.41) is 10.0. The van der Waals surface area contributed by atoms with Gasteiger partial charge in [-0.15, -0.1) is 0 Å². The van der Waals surface area contributed by atoms with Gasteiger partial charge < -0.3 is 19.5 Å². The summed E-state index contributed by atoms with van der Waals surface area (Å²) in [6.45, 7) is 18.6. The summed E-state index contributed by atoms with van der Waals surface area (Å²) in [6, 6.07) is 27.5. The van der Waals surface area contributed by atoms with Crippen molar-refractivity contribution < 1.29 is 29.0 Å². The molecule has 0 bridgehead atoms. The van der Waals surface area contributed by atoms with E-state index < -0.39 is 17.5 Å². The molecule has 1 atom stereocenters. The minimum Gasteiger partial charge on any atom is -0.478 e. The van der Waals surface area contributed by atoms with E-state index in [1.54, 1.807) is 89.2 Å². The number of hydrogen-bond donors (Lipinski definition) is 1. The van der Waals surface area contributed by atoms with Crippen molar-refractivity contribution in [3.8, 4) is 5.75 Å². The standard InChI is InChI=1S/C20H21ClO4.C20H28O2.C16H19ClN2/c1-13(2)24-19(23)20(3,4)25-17-11-7-15(8-12-17)18(22)14-5-9-16(21)10-6-14;1-15(8-6-9-16(2)14-19(21)22)11-12-18-17(3)10-7-13-20(18,4)5;1-19(2)12-10-15(16-5-3-4-11-18-16)13-6-8-14(17)9-7-13/h5-13H,1-4H3;6,8-9,11-12,14H,7,10,13H2,1-5H3,(H,21,22);3-9,11,15H,10,12H2,1-2H3/b;9-6+,12-11+,15-8+,16-14-;. The first kappa shape index (κ1) is 54.8. The zero-order valence-corrected chi connectivity index (χ0v) is 42.0. The summed E-state index contributed by atoms with van der Waals surface area (Å²) in [6.07, 6.45) is 17.7. The number of nitrogens with zero attached hydrogens (tertiary/aromatic N) is 2. The Balaban J connectivity index is 0.000000265. The Hall–Kier alpha value is -5.54. The van der Waals surface area contributed by atoms with Crippen LogP contribution in [-0.2, 0) is 14.3 Å². The number of halogens is 2. The van der Waals surface area contributed by atoms with Crippen LogP contribution in [0.15, 0.2) is 156 Å². The molecule has 1 unspecified atom stereocenters. The van der Waals surface area contributed by atoms with E-state index >= 15 is 0 Å². The van der Waals surface area contributed by atoms with E-state index in [1.807, 2.05) is 42.6 Å². The third-order valence-corrected chi connectivity index (χ3v) is 11.2. The van der Waals surface area contributed by atoms with E-state index in [1.165, 1.54) is 42.0 Å². The molecule has 0 saturated carbocycles. The van der Waals surface area contributed by atoms with Crippen LogP contribution in [-0.4, -0.2) is 65.1 Å². The van der Waals surface area contributed by atoms with Gasteiger partial charge >= 0.3 is 11.9 Å². The van der Waals surface area contributed by atoms with Gasteiger partial charge in [0.25, 0.3) is 0 Å². The maximum absolute atomic E-state index is 12.4. The van der Waals surface area contributed by atoms with E-state index in [-0.39, 0.29) is 17.3 Å². The first-order chi connectivity index (χ1) is 31.1. The number of carbonyl (C=O) groups excluding carboxylic acids is 2. The number of allylic oxidation sites excluding steroid dienone is 9. The number of benzene rings is 3. The maximum Gasteiger partial charge on any atom is 0.350 e. The molecule has 66 heavy (non-hydrogen) atoms. The fourth-order valence-electron chi connectivity index (χ4n) is 7.16. The fraction of sp³-hybridized carbons (Fsp3) is 0.357. The number of carboxylic acid groups (broad SMARTS) is 1. The average molecular weight is 936 g/mol. The maximum atomic E-state index is 12.4. The summed E-state index contributed by atoms with van der Waals surface area (Å²) in [5.74, 6) is -0.658. The number of esters is 1. The van der Waals surface area contributed by atoms with Gasteiger partial charge in [-0.05, 0) is 190 Å². The Morgan fingerprint density at radius 1 is 0.864 bits per heavy atom. The van der Waals surface area contributed by atoms with Gasteiger partial charge in [-0.25, -0.2) is 9.59 Å². The van der Waals surface area contributed by atoms with Gasteiger partial charge in [-0.2, -0.15) is 0 Å². The number of hydrogen-bond acceptors (Lipinski definition) is 7. The highest BCUT2D eigenvalue weighted by Gasteiger charge is 2.32. The molecule has 0 fully saturated rings. The molecule has 0 aliphatic heterocycles. The predicted octanol–water partition coefficient (Wildman–Crippen LogP) is 14.1. The largest absolute Gasteiger partial charge is 0.478 e. The molecule has 3 aromatic carbocycles. The molecule has 8 nitrogen and oxygen atoms in total. The molecule has 352 valence electrons. The summed E-state index contributed by atoms with van der Waals surface area (Å²) in [4.78, 5) is 41.7. The highest BCUT2D eigenvalue weighted by atomic mass is 35.5. The first-order valence-corrected chi connectivity index (χ1v) is 23.1. The van der Waals surface area contributed by atoms with Crippen LogP contribution in [0, 0.1) is 5.41 Å². The molecule has 1 N–H and O–H groups in total. The normalized spacial score (nSPS) is 14.7. The van der Waals surface area contributed by atoms with E-state index in [0.29, 0.717) is 27.8 Å². The molecule has 1 aliphatic rings. The molecule has 0 spiro atoms. The number of aliphatic carboxylic acids is 1. The van der Waals surface area contributed by atoms with Gasteiger partial charge in [0.1, 0.15) is 5.75 Å². The monoisotopic (exact) mass is 934 g/mol. The van der Waals surface area contributed by atoms with Crippen molar-refractivity contribution in [2.24, 2.45) is 5.41 Å². The summed E-state index contributed by atoms with van der Waals surface area (Å²) in [7, 11) is 4.19. The number of aromatic nitrogens is 1. The van der Waals surface area contributed by atoms with Gasteiger partial charge in [0.05, 0.1) is 6.10 Å². The molecule has 10 heteroatoms. The lowest BCUT2D eigenvalue weighted by Gasteiger charge is -2.32. The number of pyridine rings is 1. The minimum absolute atomic E-state index is 0.110. The Morgan fingerprint density at radius 2 is 1.45 bits per heavy atom. The van der Waals surface area contributed by atoms with Crippen molar-refractivity contribution in [2.45, 2.75) is 106 Å². The zero-order valence-electron chi connectivity index (χ0n) is 40.5. The molecule has 1 heterocycles. The number of ether oxygens (including phenoxy) is 2. The van der Waals surface area contributed by atoms with Gasteiger partial charge in [-0.3, -0.25) is 9.78 Å². The number of carbonyl (C=O) groups is 3. The quantitative estimate of drug-likeness (QED) is 0.0512. The highest BCUT2D eigenvalue weighted by molar-refractivity contribution is 6.31. The lowest BCUT2D eigenvalue weighted by molar-refractivity contribution is -0.163. The van der Waals surface area contributed by atoms with Gasteiger partial charge in [-0.1, -0.05) is 96.8 Å². The zero-order chi connectivity index (χ0) is 49.0. The van der Waals surface area contributed by atoms with Crippen LogP contribution in [0.1, 0.15) is 121 Å². The Morgan fingerprint density at radius 3 is 1.98 bits per heavy atom. The highest BCUT2D eigenvalue weighted by Crippen LogP contribution is 2.41. The van der Waals surface area contributed by atoms with Crippen molar-refractivity contribution in [2.75, 3.05) is 20.6 Å². The van der Waals surface area contributed by atoms with Crippen LogP contribution in [0.3, 0.4) is 0 Å². The van der Waals surface area contributed by atoms with Crippen molar-refractivity contribution in [3.05, 3.63) is 188 Å². The molecule has 1 aliphatic carbocycles. The van der Waals surface area contributed by atoms with Crippen molar-refractivity contribution >= 4 is 40.9 Å². The van der Waals surface area contributed by atoms with Crippen LogP contribution in [0.25, 0.3) is 0 Å². The molecule has 4 aromatic rings. The van der Waals surface area contributed by atoms with Crippen LogP contribution in [0.4, 0.5) is 0 Å². The van der Waals surface area contributed by atoms with E-state index in [2.05, 4.69) is 82.0 Å². The number of carboxylic acids is 1. The smallest absolute Gasteiger partial charge is 0.350 e. The van der Waals surface area contributed by atoms with Gasteiger partial charge in [0, 0.05) is 45.1 Å². The second-order valence-electron chi connectivity index (χ2n) is 18.1. The SMILES string of the molecule is CC(C)OC(=O)C(C)(C)Oc1ccc(C(=O)c2ccc(Cl)cc2)cc1.CC1=C(/C=C/C(C)=C/C=C/C(C)=C\C(=O)O)C(C)(C)CCC1.CN(C)CCC(c1ccc(Cl)cc1)c1ccccn1. The van der Waals surface area contributed by atoms with Crippen LogP contribution < -0.4 is 4.74 Å². The van der Waals surface area contributed by atoms with Crippen LogP contribution in [0.5, 0.6) is 5.75 Å². The summed E-state index contributed by atoms with van der Waals surface area (Å²) < 4.78 is 10.9. The Kier molecular flexibility index (Phi) is 22.1. The summed E-state index contributed by atoms with van der Waals surface area (Å²) in [5.41, 5.74) is 7.44. The topological polar surface area (TPSA) is 106 Å². The van der Waals surface area contributed by atoms with Crippen molar-refractivity contribution in [1.29, 1.82) is 0 Å². The molecular weight excluding hydrogens is 868 g/mol. The Bertz CT molecular complexity index is 2340. The van der Waals surface area contributed by atoms with Crippen LogP contribution in [0.2, 0.25) is 10.0 Å². The predicted molar refractivity (Wildman–Crippen MR) is 272 cm³/mol. The molecule has 1 aromatic heterocycles. The number of rotatable bonds is 16. The third-order valence-electron chi connectivity index (χ3n) is 10.7. The van der Waals surface area contributed by atoms with Crippen molar-refractivity contribution in [3.63, 3.8) is 0 Å². The van der Waals surface area contributed by atoms with E-state index in [0.717, 1.165) is 34.8 Å². The summed E-state index contributed by atoms with van der Waals surface area (Å²) >= 11 is 11.8. The van der Waals surface area contributed by atoms with E-state index in [9.17, 15) is 14.4 Å². The molecule has 0 radical (unpaired) electrons. The van der Waals surface area contributed by atoms with Crippen molar-refractivity contribution in [1.82, 2.24) is 9.88 Å². The lowest BCUT2D eigenvalue weighted by Crippen LogP contribution is -2.40. The van der Waals surface area contributed by atoms with Gasteiger partial charge in [0.2, 0.25) is 0 Å². The molecule has 5 rings (SSSR count). The minimum atomic E-state index is -1.12. The molecule has 0 saturated heterocycles. The second kappa shape index (κ2) is 26.6. The average Bonchev–Trinajstić information content (AvgIpc) is 3.24. The van der Waals surface area contributed by atoms with Gasteiger partial charge in [0.15, 0.2) is 11.4 Å². The lowest BCUT2D eigenvalue weighted by atomic mass is 9.72. The number of ketones is 1. The van der Waals surface area contributed by atoms with Crippen LogP contribution >= 0.6 is 23.2 Å². The first-order valence-electron chi connectivity index (χ1n) is 22.3. The fourth-order valence-corrected chi connectivity index (χ4v) is 7.41.